The first kappa shape index (κ1) is 36.0. The molecule has 0 amide bonds. The van der Waals surface area contributed by atoms with E-state index in [2.05, 4.69) is 6.92 Å². The van der Waals surface area contributed by atoms with Gasteiger partial charge in [-0.3, -0.25) is 0 Å². The number of rotatable bonds is 25. The van der Waals surface area contributed by atoms with E-state index in [4.69, 9.17) is 8.85 Å². The molecule has 0 bridgehead atoms. The Morgan fingerprint density at radius 1 is 0.436 bits per heavy atom. The van der Waals surface area contributed by atoms with Gasteiger partial charge in [-0.15, -0.1) is 0 Å². The summed E-state index contributed by atoms with van der Waals surface area (Å²) < 4.78 is 78.7. The Balaban J connectivity index is 1.94. The lowest BCUT2D eigenvalue weighted by atomic mass is 10.0. The van der Waals surface area contributed by atoms with Gasteiger partial charge in [0.2, 0.25) is 5.82 Å². The summed E-state index contributed by atoms with van der Waals surface area (Å²) in [4.78, 5) is 0. The molecule has 0 unspecified atom stereocenters. The van der Waals surface area contributed by atoms with Gasteiger partial charge in [-0.05, 0) is 19.5 Å². The zero-order valence-electron chi connectivity index (χ0n) is 24.8. The summed E-state index contributed by atoms with van der Waals surface area (Å²) in [6.45, 7) is 5.38. The van der Waals surface area contributed by atoms with Gasteiger partial charge in [0, 0.05) is 6.61 Å². The minimum Gasteiger partial charge on any atom is -0.395 e. The minimum absolute atomic E-state index is 0.454. The Morgan fingerprint density at radius 3 is 1.10 bits per heavy atom. The Bertz CT molecular complexity index is 747. The molecule has 0 aromatic heterocycles. The van der Waals surface area contributed by atoms with Crippen LogP contribution in [-0.2, 0) is 15.5 Å². The van der Waals surface area contributed by atoms with Gasteiger partial charge in [0.1, 0.15) is 0 Å². The Hall–Kier alpha value is -0.993. The van der Waals surface area contributed by atoms with E-state index in [1.54, 1.807) is 13.1 Å². The van der Waals surface area contributed by atoms with Crippen LogP contribution in [0.15, 0.2) is 0 Å². The first-order valence-electron chi connectivity index (χ1n) is 15.5. The number of hydrogen-bond donors (Lipinski definition) is 0. The topological polar surface area (TPSA) is 18.5 Å². The molecule has 39 heavy (non-hydrogen) atoms. The van der Waals surface area contributed by atoms with Crippen LogP contribution in [-0.4, -0.2) is 15.2 Å². The third-order valence-electron chi connectivity index (χ3n) is 7.31. The Morgan fingerprint density at radius 2 is 0.744 bits per heavy atom. The van der Waals surface area contributed by atoms with Crippen LogP contribution in [0.5, 0.6) is 0 Å². The second kappa shape index (κ2) is 21.7. The van der Waals surface area contributed by atoms with Gasteiger partial charge in [0.25, 0.3) is 0 Å². The van der Waals surface area contributed by atoms with Crippen molar-refractivity contribution in [2.75, 3.05) is 6.61 Å². The van der Waals surface area contributed by atoms with Gasteiger partial charge in [-0.1, -0.05) is 129 Å². The van der Waals surface area contributed by atoms with Gasteiger partial charge in [-0.25, -0.2) is 22.0 Å². The van der Waals surface area contributed by atoms with E-state index < -0.39 is 49.8 Å². The molecule has 0 aliphatic carbocycles. The summed E-state index contributed by atoms with van der Waals surface area (Å²) in [5.74, 6) is -9.80. The quantitative estimate of drug-likeness (QED) is 0.0376. The van der Waals surface area contributed by atoms with Crippen LogP contribution >= 0.6 is 0 Å². The van der Waals surface area contributed by atoms with Crippen LogP contribution in [0, 0.1) is 29.1 Å². The second-order valence-electron chi connectivity index (χ2n) is 11.3. The molecule has 0 saturated carbocycles. The maximum Gasteiger partial charge on any atom is 0.332 e. The van der Waals surface area contributed by atoms with E-state index in [-0.39, 0.29) is 0 Å². The standard InChI is InChI=1S/C31H53F5O2Si/c1-4-5-6-7-8-9-10-11-12-13-14-15-16-17-18-19-20-21-22-23-24-37-39(2,3)38-25-26-27(32)29(34)31(36)30(35)28(26)33/h4-25H2,1-3H3. The van der Waals surface area contributed by atoms with Gasteiger partial charge in [0.15, 0.2) is 23.3 Å². The summed E-state index contributed by atoms with van der Waals surface area (Å²) in [5, 5.41) is 0. The number of unbranched alkanes of at least 4 members (excludes halogenated alkanes) is 19. The third-order valence-corrected chi connectivity index (χ3v) is 9.05. The molecule has 2 nitrogen and oxygen atoms in total. The van der Waals surface area contributed by atoms with Crippen molar-refractivity contribution in [2.45, 2.75) is 155 Å². The fraction of sp³-hybridized carbons (Fsp3) is 0.806. The van der Waals surface area contributed by atoms with Crippen LogP contribution in [0.1, 0.15) is 141 Å². The van der Waals surface area contributed by atoms with Crippen molar-refractivity contribution in [2.24, 2.45) is 0 Å². The largest absolute Gasteiger partial charge is 0.395 e. The van der Waals surface area contributed by atoms with Crippen molar-refractivity contribution in [1.82, 2.24) is 0 Å². The maximum atomic E-state index is 13.8. The summed E-state index contributed by atoms with van der Waals surface area (Å²) in [7, 11) is -2.77. The minimum atomic E-state index is -2.77. The van der Waals surface area contributed by atoms with Crippen LogP contribution in [0.3, 0.4) is 0 Å². The lowest BCUT2D eigenvalue weighted by molar-refractivity contribution is 0.163. The van der Waals surface area contributed by atoms with E-state index in [9.17, 15) is 22.0 Å². The van der Waals surface area contributed by atoms with Crippen molar-refractivity contribution in [1.29, 1.82) is 0 Å². The smallest absolute Gasteiger partial charge is 0.332 e. The van der Waals surface area contributed by atoms with E-state index in [0.29, 0.717) is 6.61 Å². The molecule has 0 radical (unpaired) electrons. The molecular weight excluding hydrogens is 527 g/mol. The van der Waals surface area contributed by atoms with Crippen LogP contribution in [0.4, 0.5) is 22.0 Å². The van der Waals surface area contributed by atoms with Gasteiger partial charge >= 0.3 is 8.56 Å². The molecule has 0 fully saturated rings. The predicted molar refractivity (Wildman–Crippen MR) is 152 cm³/mol. The molecule has 1 aromatic rings. The number of benzene rings is 1. The molecule has 1 aromatic carbocycles. The highest BCUT2D eigenvalue weighted by Gasteiger charge is 2.29. The predicted octanol–water partition coefficient (Wildman–Crippen LogP) is 11.4. The molecule has 0 aliphatic rings. The lowest BCUT2D eigenvalue weighted by Gasteiger charge is -2.23. The van der Waals surface area contributed by atoms with Gasteiger partial charge < -0.3 is 8.85 Å². The Labute approximate surface area is 235 Å². The fourth-order valence-electron chi connectivity index (χ4n) is 4.74. The molecule has 0 spiro atoms. The highest BCUT2D eigenvalue weighted by molar-refractivity contribution is 6.64. The summed E-state index contributed by atoms with van der Waals surface area (Å²) in [6, 6.07) is 0. The average Bonchev–Trinajstić information content (AvgIpc) is 2.91. The summed E-state index contributed by atoms with van der Waals surface area (Å²) in [5.41, 5.74) is -0.964. The number of hydrogen-bond acceptors (Lipinski definition) is 2. The molecule has 1 rings (SSSR count). The first-order valence-corrected chi connectivity index (χ1v) is 18.3. The monoisotopic (exact) mass is 580 g/mol. The highest BCUT2D eigenvalue weighted by atomic mass is 28.4. The average molecular weight is 581 g/mol. The van der Waals surface area contributed by atoms with Crippen LogP contribution in [0.2, 0.25) is 13.1 Å². The zero-order valence-corrected chi connectivity index (χ0v) is 25.8. The van der Waals surface area contributed by atoms with E-state index in [1.165, 1.54) is 109 Å². The molecule has 0 heterocycles. The van der Waals surface area contributed by atoms with Crippen molar-refractivity contribution in [3.8, 4) is 0 Å². The highest BCUT2D eigenvalue weighted by Crippen LogP contribution is 2.25. The molecule has 0 aliphatic heterocycles. The zero-order chi connectivity index (χ0) is 28.9. The summed E-state index contributed by atoms with van der Waals surface area (Å²) in [6.07, 6.45) is 26.2. The Kier molecular flexibility index (Phi) is 20.1. The molecule has 0 atom stereocenters. The fourth-order valence-corrected chi connectivity index (χ4v) is 5.95. The molecule has 8 heteroatoms. The van der Waals surface area contributed by atoms with Crippen LogP contribution in [0.25, 0.3) is 0 Å². The SMILES string of the molecule is CCCCCCCCCCCCCCCCCCCCCCO[Si](C)(C)OCc1c(F)c(F)c(F)c(F)c1F. The van der Waals surface area contributed by atoms with Crippen molar-refractivity contribution in [3.63, 3.8) is 0 Å². The molecule has 0 saturated heterocycles. The number of halogens is 5. The third kappa shape index (κ3) is 16.1. The van der Waals surface area contributed by atoms with Crippen molar-refractivity contribution < 1.29 is 30.8 Å². The van der Waals surface area contributed by atoms with Crippen molar-refractivity contribution in [3.05, 3.63) is 34.6 Å². The lowest BCUT2D eigenvalue weighted by Crippen LogP contribution is -2.35. The van der Waals surface area contributed by atoms with Crippen molar-refractivity contribution >= 4 is 8.56 Å². The van der Waals surface area contributed by atoms with E-state index in [0.717, 1.165) is 19.3 Å². The summed E-state index contributed by atoms with van der Waals surface area (Å²) >= 11 is 0. The molecular formula is C31H53F5O2Si. The normalized spacial score (nSPS) is 12.0. The van der Waals surface area contributed by atoms with Gasteiger partial charge in [-0.2, -0.15) is 0 Å². The second-order valence-corrected chi connectivity index (χ2v) is 14.7. The first-order chi connectivity index (χ1) is 18.7. The van der Waals surface area contributed by atoms with Crippen LogP contribution < -0.4 is 0 Å². The maximum absolute atomic E-state index is 13.8. The molecule has 228 valence electrons. The van der Waals surface area contributed by atoms with E-state index >= 15 is 0 Å². The van der Waals surface area contributed by atoms with E-state index in [1.807, 2.05) is 0 Å². The molecule has 0 N–H and O–H groups in total. The van der Waals surface area contributed by atoms with Gasteiger partial charge in [0.05, 0.1) is 12.2 Å².